The van der Waals surface area contributed by atoms with Crippen molar-refractivity contribution in [1.29, 1.82) is 0 Å². The predicted octanol–water partition coefficient (Wildman–Crippen LogP) is 6.50. The molecule has 0 amide bonds. The van der Waals surface area contributed by atoms with Crippen LogP contribution in [-0.4, -0.2) is 26.4 Å². The third kappa shape index (κ3) is 7.36. The van der Waals surface area contributed by atoms with Gasteiger partial charge >= 0.3 is 0 Å². The molecule has 193 valence electrons. The van der Waals surface area contributed by atoms with Gasteiger partial charge in [0.05, 0.1) is 15.2 Å². The first kappa shape index (κ1) is 26.7. The van der Waals surface area contributed by atoms with Gasteiger partial charge in [0.15, 0.2) is 0 Å². The topological polar surface area (TPSA) is 17.8 Å². The van der Waals surface area contributed by atoms with Gasteiger partial charge < -0.3 is 4.57 Å². The van der Waals surface area contributed by atoms with E-state index in [4.69, 9.17) is 4.98 Å². The Morgan fingerprint density at radius 2 is 1.21 bits per heavy atom. The molecule has 0 spiro atoms. The molecule has 39 heavy (non-hydrogen) atoms. The van der Waals surface area contributed by atoms with Gasteiger partial charge in [-0.15, -0.1) is 5.70 Å². The predicted molar refractivity (Wildman–Crippen MR) is 169 cm³/mol. The van der Waals surface area contributed by atoms with Gasteiger partial charge in [0.1, 0.15) is 0 Å². The van der Waals surface area contributed by atoms with Crippen molar-refractivity contribution in [3.63, 3.8) is 0 Å². The van der Waals surface area contributed by atoms with E-state index in [1.165, 1.54) is 22.3 Å². The van der Waals surface area contributed by atoms with Crippen molar-refractivity contribution in [1.82, 2.24) is 9.55 Å². The van der Waals surface area contributed by atoms with Gasteiger partial charge in [-0.3, -0.25) is 4.98 Å². The van der Waals surface area contributed by atoms with Crippen LogP contribution in [0.3, 0.4) is 0 Å². The van der Waals surface area contributed by atoms with Crippen LogP contribution in [0.1, 0.15) is 47.3 Å². The van der Waals surface area contributed by atoms with Crippen molar-refractivity contribution < 1.29 is 0 Å². The van der Waals surface area contributed by atoms with Gasteiger partial charge in [0.2, 0.25) is 7.28 Å². The molecule has 5 rings (SSSR count). The van der Waals surface area contributed by atoms with E-state index in [0.29, 0.717) is 11.8 Å². The molecular weight excluding hydrogens is 487 g/mol. The summed E-state index contributed by atoms with van der Waals surface area (Å²) in [7, 11) is 1.90. The maximum atomic E-state index is 4.73. The molecule has 1 aromatic heterocycles. The Morgan fingerprint density at radius 3 is 1.72 bits per heavy atom. The molecule has 2 nitrogen and oxygen atoms in total. The van der Waals surface area contributed by atoms with Crippen LogP contribution in [0, 0.1) is 5.92 Å². The van der Waals surface area contributed by atoms with Gasteiger partial charge in [0, 0.05) is 24.5 Å². The van der Waals surface area contributed by atoms with Gasteiger partial charge in [-0.2, -0.15) is 0 Å². The average molecular weight is 524 g/mol. The highest BCUT2D eigenvalue weighted by atomic mass is 28.2. The third-order valence-electron chi connectivity index (χ3n) is 7.39. The fraction of sp³-hybridized carbons (Fsp3) is 0.171. The van der Waals surface area contributed by atoms with E-state index in [2.05, 4.69) is 158 Å². The second kappa shape index (κ2) is 13.8. The van der Waals surface area contributed by atoms with Crippen LogP contribution in [0.15, 0.2) is 145 Å². The summed E-state index contributed by atoms with van der Waals surface area (Å²) in [5, 5.41) is 0. The van der Waals surface area contributed by atoms with E-state index in [1.807, 2.05) is 6.20 Å². The molecule has 1 atom stereocenters. The van der Waals surface area contributed by atoms with E-state index in [-0.39, 0.29) is 5.82 Å². The number of benzene rings is 4. The Labute approximate surface area is 236 Å². The van der Waals surface area contributed by atoms with Crippen LogP contribution in [0.25, 0.3) is 0 Å². The normalized spacial score (nSPS) is 12.6. The summed E-state index contributed by atoms with van der Waals surface area (Å²) in [6, 6.07) is 43.3. The number of rotatable bonds is 12. The zero-order valence-corrected chi connectivity index (χ0v) is 24.1. The van der Waals surface area contributed by atoms with Gasteiger partial charge in [-0.1, -0.05) is 134 Å². The fourth-order valence-corrected chi connectivity index (χ4v) is 6.81. The van der Waals surface area contributed by atoms with Gasteiger partial charge in [-0.25, -0.2) is 0 Å². The van der Waals surface area contributed by atoms with Crippen molar-refractivity contribution in [2.75, 3.05) is 0 Å². The number of aromatic nitrogens is 2. The summed E-state index contributed by atoms with van der Waals surface area (Å²) in [4.78, 5) is 4.73. The third-order valence-corrected chi connectivity index (χ3v) is 8.74. The van der Waals surface area contributed by atoms with E-state index >= 15 is 0 Å². The molecular formula is C35H36BN2Si. The van der Waals surface area contributed by atoms with E-state index < -0.39 is 9.52 Å². The number of imidazole rings is 1. The molecule has 5 aromatic rings. The number of nitrogens with zero attached hydrogens (tertiary/aromatic N) is 2. The fourth-order valence-electron chi connectivity index (χ4n) is 5.35. The molecule has 1 unspecified atom stereocenters. The second-order valence-electron chi connectivity index (χ2n) is 10.2. The first-order chi connectivity index (χ1) is 19.3. The van der Waals surface area contributed by atoms with Crippen molar-refractivity contribution in [3.05, 3.63) is 168 Å². The van der Waals surface area contributed by atoms with Gasteiger partial charge in [0.25, 0.3) is 0 Å². The zero-order valence-electron chi connectivity index (χ0n) is 22.7. The molecule has 4 aromatic carbocycles. The minimum absolute atomic E-state index is 0.179. The van der Waals surface area contributed by atoms with Crippen molar-refractivity contribution in [2.24, 2.45) is 5.92 Å². The Bertz CT molecular complexity index is 1340. The number of hydrogen-bond donors (Lipinski definition) is 0. The van der Waals surface area contributed by atoms with E-state index in [1.54, 1.807) is 0 Å². The molecule has 0 saturated heterocycles. The lowest BCUT2D eigenvalue weighted by molar-refractivity contribution is 0.590. The SMILES string of the molecule is CC(C=C[SiH2]Cn1ccnc1[B]C(c1ccccc1)c1ccccc1)CC(c1ccccc1)c1ccccc1. The van der Waals surface area contributed by atoms with Crippen molar-refractivity contribution in [3.8, 4) is 0 Å². The summed E-state index contributed by atoms with van der Waals surface area (Å²) in [6.07, 6.45) is 8.67. The van der Waals surface area contributed by atoms with Crippen LogP contribution < -0.4 is 5.72 Å². The summed E-state index contributed by atoms with van der Waals surface area (Å²) >= 11 is 0. The molecule has 4 heteroatoms. The monoisotopic (exact) mass is 523 g/mol. The minimum Gasteiger partial charge on any atom is -0.347 e. The highest BCUT2D eigenvalue weighted by molar-refractivity contribution is 6.54. The molecule has 1 radical (unpaired) electrons. The highest BCUT2D eigenvalue weighted by Gasteiger charge is 2.19. The van der Waals surface area contributed by atoms with Gasteiger partial charge in [-0.05, 0) is 40.4 Å². The molecule has 0 fully saturated rings. The molecule has 0 aliphatic heterocycles. The Hall–Kier alpha value is -3.89. The number of hydrogen-bond acceptors (Lipinski definition) is 1. The molecule has 0 bridgehead atoms. The van der Waals surface area contributed by atoms with Crippen LogP contribution in [0.2, 0.25) is 0 Å². The first-order valence-corrected chi connectivity index (χ1v) is 15.8. The quantitative estimate of drug-likeness (QED) is 0.171. The number of allylic oxidation sites excluding steroid dienone is 1. The van der Waals surface area contributed by atoms with Crippen molar-refractivity contribution >= 4 is 22.5 Å². The van der Waals surface area contributed by atoms with Crippen LogP contribution in [-0.2, 0) is 6.17 Å². The molecule has 0 aliphatic carbocycles. The zero-order chi connectivity index (χ0) is 26.7. The lowest BCUT2D eigenvalue weighted by Gasteiger charge is -2.20. The first-order valence-electron chi connectivity index (χ1n) is 14.0. The van der Waals surface area contributed by atoms with E-state index in [0.717, 1.165) is 18.3 Å². The standard InChI is InChI=1S/C35H36BN2Si/c1-28(26-33(29-14-6-2-7-15-29)30-16-8-3-9-17-30)22-25-39-27-38-24-23-37-35(38)36-34(31-18-10-4-11-19-31)32-20-12-5-13-21-32/h2-25,28,33-34H,26-27,39H2,1H3. The Morgan fingerprint density at radius 1 is 0.718 bits per heavy atom. The largest absolute Gasteiger partial charge is 0.347 e. The summed E-state index contributed by atoms with van der Waals surface area (Å²) in [6.45, 7) is 2.35. The highest BCUT2D eigenvalue weighted by Crippen LogP contribution is 2.31. The summed E-state index contributed by atoms with van der Waals surface area (Å²) in [5.41, 5.74) is 8.89. The van der Waals surface area contributed by atoms with Crippen LogP contribution in [0.5, 0.6) is 0 Å². The maximum absolute atomic E-state index is 4.73. The van der Waals surface area contributed by atoms with Crippen molar-refractivity contribution in [2.45, 2.75) is 31.2 Å². The Kier molecular flexibility index (Phi) is 9.43. The molecule has 0 saturated carbocycles. The van der Waals surface area contributed by atoms with Crippen LogP contribution >= 0.6 is 0 Å². The summed E-state index contributed by atoms with van der Waals surface area (Å²) in [5.74, 6) is 1.10. The molecule has 0 aliphatic rings. The smallest absolute Gasteiger partial charge is 0.215 e. The van der Waals surface area contributed by atoms with E-state index in [9.17, 15) is 0 Å². The molecule has 1 heterocycles. The second-order valence-corrected chi connectivity index (χ2v) is 11.7. The molecule has 0 N–H and O–H groups in total. The lowest BCUT2D eigenvalue weighted by Crippen LogP contribution is -2.32. The van der Waals surface area contributed by atoms with Crippen LogP contribution in [0.4, 0.5) is 0 Å². The maximum Gasteiger partial charge on any atom is 0.215 e. The lowest BCUT2D eigenvalue weighted by atomic mass is 9.58. The summed E-state index contributed by atoms with van der Waals surface area (Å²) < 4.78 is 2.33. The minimum atomic E-state index is -0.418. The Balaban J connectivity index is 1.22. The average Bonchev–Trinajstić information content (AvgIpc) is 3.45.